The van der Waals surface area contributed by atoms with Gasteiger partial charge in [0.05, 0.1) is 6.54 Å². The molecule has 0 fully saturated rings. The molecule has 5 nitrogen and oxygen atoms in total. The molecule has 0 heterocycles. The molecule has 1 N–H and O–H groups in total. The Morgan fingerprint density at radius 3 is 2.58 bits per heavy atom. The van der Waals surface area contributed by atoms with Crippen LogP contribution in [0.1, 0.15) is 6.92 Å². The summed E-state index contributed by atoms with van der Waals surface area (Å²) in [6, 6.07) is 9.58. The van der Waals surface area contributed by atoms with Crippen molar-refractivity contribution in [2.45, 2.75) is 13.0 Å². The number of hydrogen-bond donors (Lipinski definition) is 1. The fraction of sp³-hybridized carbons (Fsp3) is 0.222. The van der Waals surface area contributed by atoms with Crippen molar-refractivity contribution in [3.05, 3.63) is 59.1 Å². The van der Waals surface area contributed by atoms with E-state index in [1.807, 2.05) is 0 Å². The summed E-state index contributed by atoms with van der Waals surface area (Å²) in [6.45, 7) is 1.24. The monoisotopic (exact) mass is 382 g/mol. The molecule has 0 aromatic heterocycles. The highest BCUT2D eigenvalue weighted by molar-refractivity contribution is 6.30. The predicted molar refractivity (Wildman–Crippen MR) is 94.2 cm³/mol. The topological polar surface area (TPSA) is 58.6 Å². The molecule has 0 saturated carbocycles. The van der Waals surface area contributed by atoms with E-state index >= 15 is 0 Å². The summed E-state index contributed by atoms with van der Waals surface area (Å²) in [6.07, 6.45) is -0.983. The van der Waals surface area contributed by atoms with Crippen LogP contribution in [0.4, 0.5) is 14.5 Å². The van der Waals surface area contributed by atoms with Crippen LogP contribution in [0, 0.1) is 11.6 Å². The zero-order valence-corrected chi connectivity index (χ0v) is 14.9. The Morgan fingerprint density at radius 2 is 1.92 bits per heavy atom. The van der Waals surface area contributed by atoms with Crippen LogP contribution in [0.5, 0.6) is 5.75 Å². The number of amides is 2. The molecule has 0 aliphatic heterocycles. The van der Waals surface area contributed by atoms with Crippen molar-refractivity contribution in [2.24, 2.45) is 0 Å². The van der Waals surface area contributed by atoms with Crippen LogP contribution in [0.3, 0.4) is 0 Å². The van der Waals surface area contributed by atoms with Gasteiger partial charge in [-0.1, -0.05) is 17.7 Å². The third-order valence-electron chi connectivity index (χ3n) is 3.42. The second kappa shape index (κ2) is 8.62. The van der Waals surface area contributed by atoms with Gasteiger partial charge in [0, 0.05) is 23.8 Å². The van der Waals surface area contributed by atoms with E-state index in [4.69, 9.17) is 16.3 Å². The van der Waals surface area contributed by atoms with E-state index in [2.05, 4.69) is 5.32 Å². The lowest BCUT2D eigenvalue weighted by molar-refractivity contribution is -0.139. The normalized spacial score (nSPS) is 11.6. The van der Waals surface area contributed by atoms with Gasteiger partial charge in [-0.3, -0.25) is 9.59 Å². The van der Waals surface area contributed by atoms with Crippen LogP contribution in [0.15, 0.2) is 42.5 Å². The zero-order valence-electron chi connectivity index (χ0n) is 14.1. The fourth-order valence-electron chi connectivity index (χ4n) is 2.18. The van der Waals surface area contributed by atoms with Crippen LogP contribution in [0.2, 0.25) is 5.02 Å². The Hall–Kier alpha value is -2.67. The molecule has 1 unspecified atom stereocenters. The molecular formula is C18H17ClF2N2O3. The minimum atomic E-state index is -1.07. The van der Waals surface area contributed by atoms with Gasteiger partial charge in [-0.05, 0) is 37.3 Å². The third-order valence-corrected chi connectivity index (χ3v) is 3.65. The number of carbonyl (C=O) groups is 2. The first-order valence-corrected chi connectivity index (χ1v) is 8.06. The molecule has 8 heteroatoms. The highest BCUT2D eigenvalue weighted by Crippen LogP contribution is 2.17. The van der Waals surface area contributed by atoms with Crippen molar-refractivity contribution in [1.82, 2.24) is 4.90 Å². The Bertz CT molecular complexity index is 817. The zero-order chi connectivity index (χ0) is 19.3. The average molecular weight is 383 g/mol. The SMILES string of the molecule is CC(Oc1ccc(F)c(F)c1)C(=O)N(C)CC(=O)Nc1cccc(Cl)c1. The molecule has 2 amide bonds. The van der Waals surface area contributed by atoms with Crippen LogP contribution in [0.25, 0.3) is 0 Å². The number of ether oxygens (including phenoxy) is 1. The Labute approximate surface area is 154 Å². The van der Waals surface area contributed by atoms with Crippen molar-refractivity contribution in [3.8, 4) is 5.75 Å². The summed E-state index contributed by atoms with van der Waals surface area (Å²) in [7, 11) is 1.44. The lowest BCUT2D eigenvalue weighted by Crippen LogP contribution is -2.42. The smallest absolute Gasteiger partial charge is 0.263 e. The number of anilines is 1. The number of rotatable bonds is 6. The highest BCUT2D eigenvalue weighted by atomic mass is 35.5. The molecule has 26 heavy (non-hydrogen) atoms. The van der Waals surface area contributed by atoms with E-state index in [9.17, 15) is 18.4 Å². The molecule has 0 bridgehead atoms. The number of likely N-dealkylation sites (N-methyl/N-ethyl adjacent to an activating group) is 1. The average Bonchev–Trinajstić information content (AvgIpc) is 2.57. The van der Waals surface area contributed by atoms with Crippen molar-refractivity contribution >= 4 is 29.1 Å². The van der Waals surface area contributed by atoms with Gasteiger partial charge in [-0.2, -0.15) is 0 Å². The summed E-state index contributed by atoms with van der Waals surface area (Å²) < 4.78 is 31.4. The van der Waals surface area contributed by atoms with E-state index < -0.39 is 29.6 Å². The van der Waals surface area contributed by atoms with Crippen molar-refractivity contribution in [3.63, 3.8) is 0 Å². The minimum absolute atomic E-state index is 0.0153. The summed E-state index contributed by atoms with van der Waals surface area (Å²) in [5.74, 6) is -2.97. The van der Waals surface area contributed by atoms with Crippen LogP contribution in [-0.4, -0.2) is 36.4 Å². The molecule has 2 aromatic rings. The molecule has 0 radical (unpaired) electrons. The molecule has 0 aliphatic carbocycles. The van der Waals surface area contributed by atoms with E-state index in [1.54, 1.807) is 24.3 Å². The summed E-state index contributed by atoms with van der Waals surface area (Å²) >= 11 is 5.84. The Morgan fingerprint density at radius 1 is 1.19 bits per heavy atom. The lowest BCUT2D eigenvalue weighted by Gasteiger charge is -2.21. The Kier molecular flexibility index (Phi) is 6.52. The molecule has 0 saturated heterocycles. The molecule has 0 spiro atoms. The predicted octanol–water partition coefficient (Wildman–Crippen LogP) is 3.48. The number of halogens is 3. The number of carbonyl (C=O) groups excluding carboxylic acids is 2. The van der Waals surface area contributed by atoms with Crippen molar-refractivity contribution < 1.29 is 23.1 Å². The summed E-state index contributed by atoms with van der Waals surface area (Å²) in [5, 5.41) is 3.09. The van der Waals surface area contributed by atoms with Gasteiger partial charge in [0.25, 0.3) is 5.91 Å². The van der Waals surface area contributed by atoms with Gasteiger partial charge in [-0.25, -0.2) is 8.78 Å². The van der Waals surface area contributed by atoms with Crippen molar-refractivity contribution in [2.75, 3.05) is 18.9 Å². The fourth-order valence-corrected chi connectivity index (χ4v) is 2.37. The van der Waals surface area contributed by atoms with Crippen LogP contribution >= 0.6 is 11.6 Å². The van der Waals surface area contributed by atoms with Gasteiger partial charge >= 0.3 is 0 Å². The maximum Gasteiger partial charge on any atom is 0.263 e. The van der Waals surface area contributed by atoms with Gasteiger partial charge in [0.15, 0.2) is 17.7 Å². The highest BCUT2D eigenvalue weighted by Gasteiger charge is 2.21. The lowest BCUT2D eigenvalue weighted by atomic mass is 10.3. The van der Waals surface area contributed by atoms with E-state index in [0.717, 1.165) is 12.1 Å². The van der Waals surface area contributed by atoms with Gasteiger partial charge in [0.2, 0.25) is 5.91 Å². The maximum atomic E-state index is 13.2. The number of hydrogen-bond acceptors (Lipinski definition) is 3. The van der Waals surface area contributed by atoms with Gasteiger partial charge in [-0.15, -0.1) is 0 Å². The van der Waals surface area contributed by atoms with Crippen LogP contribution < -0.4 is 10.1 Å². The number of benzene rings is 2. The Balaban J connectivity index is 1.91. The first-order valence-electron chi connectivity index (χ1n) is 7.68. The molecule has 2 aromatic carbocycles. The molecule has 1 atom stereocenters. The third kappa shape index (κ3) is 5.42. The van der Waals surface area contributed by atoms with Crippen molar-refractivity contribution in [1.29, 1.82) is 0 Å². The second-order valence-corrected chi connectivity index (χ2v) is 6.03. The second-order valence-electron chi connectivity index (χ2n) is 5.59. The van der Waals surface area contributed by atoms with Crippen LogP contribution in [-0.2, 0) is 9.59 Å². The summed E-state index contributed by atoms with van der Waals surface area (Å²) in [5.41, 5.74) is 0.509. The van der Waals surface area contributed by atoms with E-state index in [1.165, 1.54) is 24.9 Å². The number of nitrogens with one attached hydrogen (secondary N) is 1. The van der Waals surface area contributed by atoms with Gasteiger partial charge in [0.1, 0.15) is 5.75 Å². The largest absolute Gasteiger partial charge is 0.481 e. The molecular weight excluding hydrogens is 366 g/mol. The molecule has 138 valence electrons. The van der Waals surface area contributed by atoms with Gasteiger partial charge < -0.3 is 15.0 Å². The molecule has 2 rings (SSSR count). The van der Waals surface area contributed by atoms with E-state index in [0.29, 0.717) is 10.7 Å². The maximum absolute atomic E-state index is 13.2. The van der Waals surface area contributed by atoms with E-state index in [-0.39, 0.29) is 12.3 Å². The first kappa shape index (κ1) is 19.7. The molecule has 0 aliphatic rings. The first-order chi connectivity index (χ1) is 12.3. The minimum Gasteiger partial charge on any atom is -0.481 e. The quantitative estimate of drug-likeness (QED) is 0.832. The number of nitrogens with zero attached hydrogens (tertiary/aromatic N) is 1. The summed E-state index contributed by atoms with van der Waals surface area (Å²) in [4.78, 5) is 25.5. The standard InChI is InChI=1S/C18H17ClF2N2O3/c1-11(26-14-6-7-15(20)16(21)9-14)18(25)23(2)10-17(24)22-13-5-3-4-12(19)8-13/h3-9,11H,10H2,1-2H3,(H,22,24).